The van der Waals surface area contributed by atoms with Crippen molar-refractivity contribution in [2.75, 3.05) is 25.7 Å². The highest BCUT2D eigenvalue weighted by Gasteiger charge is 2.37. The van der Waals surface area contributed by atoms with Gasteiger partial charge in [-0.3, -0.25) is 4.79 Å². The summed E-state index contributed by atoms with van der Waals surface area (Å²) in [5.74, 6) is 3.03. The third kappa shape index (κ3) is 2.70. The number of ether oxygens (including phenoxy) is 2. The van der Waals surface area contributed by atoms with Gasteiger partial charge < -0.3 is 18.9 Å². The number of hydrogen-bond acceptors (Lipinski definition) is 6. The first kappa shape index (κ1) is 15.0. The second kappa shape index (κ2) is 5.81. The molecule has 2 aromatic rings. The van der Waals surface area contributed by atoms with Crippen LogP contribution in [0.4, 0.5) is 5.69 Å². The molecule has 126 valence electrons. The highest BCUT2D eigenvalue weighted by molar-refractivity contribution is 5.96. The molecule has 2 aliphatic rings. The molecule has 1 aliphatic carbocycles. The van der Waals surface area contributed by atoms with Crippen LogP contribution in [-0.2, 0) is 4.79 Å². The van der Waals surface area contributed by atoms with Gasteiger partial charge in [0.05, 0.1) is 25.8 Å². The van der Waals surface area contributed by atoms with Crippen molar-refractivity contribution >= 4 is 11.6 Å². The Morgan fingerprint density at radius 2 is 1.83 bits per heavy atom. The minimum Gasteiger partial charge on any atom is -0.497 e. The highest BCUT2D eigenvalue weighted by atomic mass is 16.5. The molecule has 24 heavy (non-hydrogen) atoms. The quantitative estimate of drug-likeness (QED) is 0.838. The Morgan fingerprint density at radius 3 is 2.46 bits per heavy atom. The average molecular weight is 329 g/mol. The van der Waals surface area contributed by atoms with E-state index in [0.717, 1.165) is 24.4 Å². The SMILES string of the molecule is COc1cc(OC)cc(N2CC(c3nc(C4CC4)no3)CC2=O)c1. The van der Waals surface area contributed by atoms with Crippen LogP contribution in [0.15, 0.2) is 22.7 Å². The molecule has 7 nitrogen and oxygen atoms in total. The molecule has 0 radical (unpaired) electrons. The molecule has 1 saturated heterocycles. The fourth-order valence-corrected chi connectivity index (χ4v) is 2.99. The lowest BCUT2D eigenvalue weighted by molar-refractivity contribution is -0.117. The van der Waals surface area contributed by atoms with Crippen LogP contribution >= 0.6 is 0 Å². The second-order valence-electron chi connectivity index (χ2n) is 6.24. The van der Waals surface area contributed by atoms with Crippen LogP contribution in [0.5, 0.6) is 11.5 Å². The van der Waals surface area contributed by atoms with Crippen LogP contribution in [0.1, 0.15) is 42.8 Å². The maximum absolute atomic E-state index is 12.5. The number of carbonyl (C=O) groups is 1. The van der Waals surface area contributed by atoms with Crippen molar-refractivity contribution < 1.29 is 18.8 Å². The molecule has 0 N–H and O–H groups in total. The minimum atomic E-state index is -0.0744. The van der Waals surface area contributed by atoms with E-state index in [1.807, 2.05) is 12.1 Å². The predicted octanol–water partition coefficient (Wildman–Crippen LogP) is 2.48. The number of methoxy groups -OCH3 is 2. The molecule has 0 bridgehead atoms. The smallest absolute Gasteiger partial charge is 0.232 e. The zero-order chi connectivity index (χ0) is 16.7. The number of nitrogens with zero attached hydrogens (tertiary/aromatic N) is 3. The third-order valence-corrected chi connectivity index (χ3v) is 4.52. The molecule has 1 atom stereocenters. The Morgan fingerprint density at radius 1 is 1.12 bits per heavy atom. The number of hydrogen-bond donors (Lipinski definition) is 0. The molecule has 0 spiro atoms. The zero-order valence-corrected chi connectivity index (χ0v) is 13.7. The van der Waals surface area contributed by atoms with Crippen molar-refractivity contribution in [3.63, 3.8) is 0 Å². The van der Waals surface area contributed by atoms with E-state index in [1.165, 1.54) is 0 Å². The van der Waals surface area contributed by atoms with Crippen LogP contribution < -0.4 is 14.4 Å². The Bertz CT molecular complexity index is 747. The first-order valence-electron chi connectivity index (χ1n) is 8.05. The summed E-state index contributed by atoms with van der Waals surface area (Å²) in [6, 6.07) is 5.43. The Hall–Kier alpha value is -2.57. The van der Waals surface area contributed by atoms with E-state index in [0.29, 0.717) is 36.3 Å². The third-order valence-electron chi connectivity index (χ3n) is 4.52. The van der Waals surface area contributed by atoms with E-state index in [9.17, 15) is 4.79 Å². The van der Waals surface area contributed by atoms with Gasteiger partial charge in [0.25, 0.3) is 0 Å². The van der Waals surface area contributed by atoms with E-state index >= 15 is 0 Å². The lowest BCUT2D eigenvalue weighted by Crippen LogP contribution is -2.24. The van der Waals surface area contributed by atoms with Gasteiger partial charge in [-0.2, -0.15) is 4.98 Å². The van der Waals surface area contributed by atoms with Crippen molar-refractivity contribution in [2.24, 2.45) is 0 Å². The van der Waals surface area contributed by atoms with E-state index < -0.39 is 0 Å². The van der Waals surface area contributed by atoms with Gasteiger partial charge >= 0.3 is 0 Å². The number of rotatable bonds is 5. The van der Waals surface area contributed by atoms with Gasteiger partial charge in [-0.05, 0) is 12.8 Å². The molecule has 1 saturated carbocycles. The van der Waals surface area contributed by atoms with Crippen molar-refractivity contribution in [3.8, 4) is 11.5 Å². The summed E-state index contributed by atoms with van der Waals surface area (Å²) >= 11 is 0. The summed E-state index contributed by atoms with van der Waals surface area (Å²) in [5.41, 5.74) is 0.751. The van der Waals surface area contributed by atoms with Gasteiger partial charge in [0, 0.05) is 37.1 Å². The van der Waals surface area contributed by atoms with Crippen molar-refractivity contribution in [3.05, 3.63) is 29.9 Å². The summed E-state index contributed by atoms with van der Waals surface area (Å²) < 4.78 is 15.9. The first-order valence-corrected chi connectivity index (χ1v) is 8.05. The molecule has 2 fully saturated rings. The van der Waals surface area contributed by atoms with Crippen LogP contribution in [-0.4, -0.2) is 36.8 Å². The maximum atomic E-state index is 12.5. The fourth-order valence-electron chi connectivity index (χ4n) is 2.99. The molecule has 1 amide bonds. The number of aromatic nitrogens is 2. The van der Waals surface area contributed by atoms with E-state index in [4.69, 9.17) is 14.0 Å². The van der Waals surface area contributed by atoms with Gasteiger partial charge in [-0.15, -0.1) is 0 Å². The van der Waals surface area contributed by atoms with Crippen LogP contribution in [0, 0.1) is 0 Å². The average Bonchev–Trinajstić information content (AvgIpc) is 3.20. The minimum absolute atomic E-state index is 0.0291. The lowest BCUT2D eigenvalue weighted by atomic mass is 10.1. The monoisotopic (exact) mass is 329 g/mol. The standard InChI is InChI=1S/C17H19N3O4/c1-22-13-6-12(7-14(8-13)23-2)20-9-11(5-15(20)21)17-18-16(19-24-17)10-3-4-10/h6-8,10-11H,3-5,9H2,1-2H3. The molecule has 7 heteroatoms. The summed E-state index contributed by atoms with van der Waals surface area (Å²) in [6.45, 7) is 0.515. The van der Waals surface area contributed by atoms with E-state index in [-0.39, 0.29) is 11.8 Å². The number of amides is 1. The van der Waals surface area contributed by atoms with Crippen LogP contribution in [0.25, 0.3) is 0 Å². The number of benzene rings is 1. The Labute approximate surface area is 139 Å². The summed E-state index contributed by atoms with van der Waals surface area (Å²) in [4.78, 5) is 18.7. The van der Waals surface area contributed by atoms with Gasteiger partial charge in [0.15, 0.2) is 5.82 Å². The lowest BCUT2D eigenvalue weighted by Gasteiger charge is -2.18. The summed E-state index contributed by atoms with van der Waals surface area (Å²) in [6.07, 6.45) is 2.61. The molecule has 2 heterocycles. The topological polar surface area (TPSA) is 77.7 Å². The van der Waals surface area contributed by atoms with Crippen molar-refractivity contribution in [1.82, 2.24) is 10.1 Å². The molecular weight excluding hydrogens is 310 g/mol. The van der Waals surface area contributed by atoms with Crippen LogP contribution in [0.2, 0.25) is 0 Å². The second-order valence-corrected chi connectivity index (χ2v) is 6.24. The fraction of sp³-hybridized carbons (Fsp3) is 0.471. The molecule has 4 rings (SSSR count). The van der Waals surface area contributed by atoms with Crippen LogP contribution in [0.3, 0.4) is 0 Å². The normalized spacial score (nSPS) is 20.5. The largest absolute Gasteiger partial charge is 0.497 e. The molecule has 1 unspecified atom stereocenters. The summed E-state index contributed by atoms with van der Waals surface area (Å²) in [7, 11) is 3.18. The first-order chi connectivity index (χ1) is 11.7. The predicted molar refractivity (Wildman–Crippen MR) is 85.5 cm³/mol. The van der Waals surface area contributed by atoms with Gasteiger partial charge in [0.2, 0.25) is 11.8 Å². The molecule has 1 aromatic carbocycles. The van der Waals surface area contributed by atoms with E-state index in [1.54, 1.807) is 25.2 Å². The van der Waals surface area contributed by atoms with Gasteiger partial charge in [0.1, 0.15) is 11.5 Å². The van der Waals surface area contributed by atoms with Gasteiger partial charge in [-0.1, -0.05) is 5.16 Å². The van der Waals surface area contributed by atoms with Crippen molar-refractivity contribution in [1.29, 1.82) is 0 Å². The molecule has 1 aliphatic heterocycles. The Kier molecular flexibility index (Phi) is 3.63. The zero-order valence-electron chi connectivity index (χ0n) is 13.7. The number of carbonyl (C=O) groups excluding carboxylic acids is 1. The Balaban J connectivity index is 1.57. The number of anilines is 1. The van der Waals surface area contributed by atoms with E-state index in [2.05, 4.69) is 10.1 Å². The van der Waals surface area contributed by atoms with Gasteiger partial charge in [-0.25, -0.2) is 0 Å². The summed E-state index contributed by atoms with van der Waals surface area (Å²) in [5, 5.41) is 4.04. The molecule has 1 aromatic heterocycles. The maximum Gasteiger partial charge on any atom is 0.232 e. The highest BCUT2D eigenvalue weighted by Crippen LogP contribution is 2.40. The molecular formula is C17H19N3O4. The van der Waals surface area contributed by atoms with Crippen molar-refractivity contribution in [2.45, 2.75) is 31.1 Å².